The van der Waals surface area contributed by atoms with Gasteiger partial charge in [0.15, 0.2) is 0 Å². The molecule has 1 spiro atoms. The van der Waals surface area contributed by atoms with E-state index in [9.17, 15) is 4.79 Å². The van der Waals surface area contributed by atoms with Crippen LogP contribution in [0.2, 0.25) is 0 Å². The molecule has 1 amide bonds. The van der Waals surface area contributed by atoms with Crippen molar-refractivity contribution < 1.29 is 9.53 Å². The lowest BCUT2D eigenvalue weighted by molar-refractivity contribution is -0.0207. The first-order valence-electron chi connectivity index (χ1n) is 7.50. The summed E-state index contributed by atoms with van der Waals surface area (Å²) in [7, 11) is 0. The van der Waals surface area contributed by atoms with Crippen LogP contribution in [0, 0.1) is 16.7 Å². The fourth-order valence-corrected chi connectivity index (χ4v) is 3.04. The molecule has 114 valence electrons. The summed E-state index contributed by atoms with van der Waals surface area (Å²) in [6.45, 7) is 7.12. The first-order valence-corrected chi connectivity index (χ1v) is 7.50. The van der Waals surface area contributed by atoms with Gasteiger partial charge in [-0.1, -0.05) is 18.2 Å². The maximum Gasteiger partial charge on any atom is 0.410 e. The fraction of sp³-hybridized carbons (Fsp3) is 0.444. The van der Waals surface area contributed by atoms with Crippen LogP contribution in [-0.4, -0.2) is 29.7 Å². The minimum absolute atomic E-state index is 0.139. The Balaban J connectivity index is 1.59. The van der Waals surface area contributed by atoms with Gasteiger partial charge < -0.3 is 9.64 Å². The van der Waals surface area contributed by atoms with Crippen molar-refractivity contribution in [2.45, 2.75) is 32.8 Å². The third-order valence-electron chi connectivity index (χ3n) is 4.07. The lowest BCUT2D eigenvalue weighted by Gasteiger charge is -2.53. The van der Waals surface area contributed by atoms with Gasteiger partial charge in [-0.25, -0.2) is 4.79 Å². The molecule has 0 N–H and O–H groups in total. The molecule has 0 aromatic heterocycles. The van der Waals surface area contributed by atoms with Crippen LogP contribution in [0.15, 0.2) is 30.3 Å². The summed E-state index contributed by atoms with van der Waals surface area (Å²) < 4.78 is 5.38. The summed E-state index contributed by atoms with van der Waals surface area (Å²) in [5, 5.41) is 8.82. The van der Waals surface area contributed by atoms with E-state index in [1.165, 1.54) is 11.1 Å². The molecular weight excluding hydrogens is 276 g/mol. The number of likely N-dealkylation sites (tertiary alicyclic amines) is 1. The molecule has 1 heterocycles. The first-order chi connectivity index (χ1) is 10.3. The van der Waals surface area contributed by atoms with Crippen LogP contribution < -0.4 is 0 Å². The molecule has 1 saturated heterocycles. The summed E-state index contributed by atoms with van der Waals surface area (Å²) in [5.41, 5.74) is 2.84. The molecule has 22 heavy (non-hydrogen) atoms. The predicted molar refractivity (Wildman–Crippen MR) is 84.0 cm³/mol. The number of amides is 1. The number of nitrogens with zero attached hydrogens (tertiary/aromatic N) is 2. The Bertz CT molecular complexity index is 669. The van der Waals surface area contributed by atoms with Gasteiger partial charge in [-0.15, -0.1) is 0 Å². The van der Waals surface area contributed by atoms with E-state index >= 15 is 0 Å². The number of carbonyl (C=O) groups is 1. The lowest BCUT2D eigenvalue weighted by atomic mass is 9.64. The van der Waals surface area contributed by atoms with Crippen molar-refractivity contribution in [1.82, 2.24) is 4.90 Å². The zero-order valence-corrected chi connectivity index (χ0v) is 13.2. The molecule has 1 aliphatic carbocycles. The van der Waals surface area contributed by atoms with Crippen molar-refractivity contribution in [3.63, 3.8) is 0 Å². The molecule has 0 atom stereocenters. The molecular formula is C18H20N2O2. The van der Waals surface area contributed by atoms with Gasteiger partial charge in [-0.2, -0.15) is 5.26 Å². The van der Waals surface area contributed by atoms with Gasteiger partial charge in [-0.05, 0) is 50.5 Å². The smallest absolute Gasteiger partial charge is 0.410 e. The Morgan fingerprint density at radius 2 is 1.86 bits per heavy atom. The topological polar surface area (TPSA) is 53.3 Å². The van der Waals surface area contributed by atoms with Gasteiger partial charge in [0.05, 0.1) is 11.6 Å². The monoisotopic (exact) mass is 296 g/mol. The second-order valence-electron chi connectivity index (χ2n) is 7.23. The minimum atomic E-state index is -0.442. The third-order valence-corrected chi connectivity index (χ3v) is 4.07. The Labute approximate surface area is 131 Å². The minimum Gasteiger partial charge on any atom is -0.444 e. The zero-order valence-electron chi connectivity index (χ0n) is 13.2. The van der Waals surface area contributed by atoms with E-state index in [1.54, 1.807) is 4.90 Å². The maximum atomic E-state index is 11.9. The highest BCUT2D eigenvalue weighted by Crippen LogP contribution is 2.50. The van der Waals surface area contributed by atoms with Gasteiger partial charge >= 0.3 is 6.09 Å². The van der Waals surface area contributed by atoms with Gasteiger partial charge in [0.25, 0.3) is 0 Å². The molecule has 1 fully saturated rings. The number of benzene rings is 1. The number of carbonyl (C=O) groups excluding carboxylic acids is 1. The van der Waals surface area contributed by atoms with Gasteiger partial charge in [0.2, 0.25) is 0 Å². The molecule has 1 aliphatic heterocycles. The van der Waals surface area contributed by atoms with Crippen LogP contribution in [0.3, 0.4) is 0 Å². The quantitative estimate of drug-likeness (QED) is 0.796. The number of rotatable bonds is 1. The SMILES string of the molecule is CC(C)(C)OC(=O)N1CC2(C=C(c3ccc(C#N)cc3)C2)C1. The number of ether oxygens (including phenoxy) is 1. The highest BCUT2D eigenvalue weighted by Gasteiger charge is 2.49. The largest absolute Gasteiger partial charge is 0.444 e. The van der Waals surface area contributed by atoms with Crippen LogP contribution in [0.25, 0.3) is 5.57 Å². The van der Waals surface area contributed by atoms with E-state index in [0.29, 0.717) is 5.56 Å². The van der Waals surface area contributed by atoms with Crippen molar-refractivity contribution in [2.24, 2.45) is 5.41 Å². The van der Waals surface area contributed by atoms with E-state index in [4.69, 9.17) is 10.00 Å². The number of hydrogen-bond donors (Lipinski definition) is 0. The molecule has 2 aliphatic rings. The van der Waals surface area contributed by atoms with Crippen molar-refractivity contribution in [1.29, 1.82) is 5.26 Å². The summed E-state index contributed by atoms with van der Waals surface area (Å²) in [6, 6.07) is 9.79. The van der Waals surface area contributed by atoms with Crippen molar-refractivity contribution in [3.8, 4) is 6.07 Å². The summed E-state index contributed by atoms with van der Waals surface area (Å²) in [5.74, 6) is 0. The Morgan fingerprint density at radius 3 is 2.36 bits per heavy atom. The number of nitriles is 1. The van der Waals surface area contributed by atoms with Crippen LogP contribution in [0.4, 0.5) is 4.79 Å². The molecule has 0 bridgehead atoms. The highest BCUT2D eigenvalue weighted by molar-refractivity contribution is 5.76. The predicted octanol–water partition coefficient (Wildman–Crippen LogP) is 3.58. The van der Waals surface area contributed by atoms with E-state index < -0.39 is 5.60 Å². The van der Waals surface area contributed by atoms with Gasteiger partial charge in [0, 0.05) is 18.5 Å². The average molecular weight is 296 g/mol. The summed E-state index contributed by atoms with van der Waals surface area (Å²) in [4.78, 5) is 13.7. The van der Waals surface area contributed by atoms with E-state index in [1.807, 2.05) is 45.0 Å². The third kappa shape index (κ3) is 2.71. The first kappa shape index (κ1) is 14.6. The molecule has 3 rings (SSSR count). The number of hydrogen-bond acceptors (Lipinski definition) is 3. The molecule has 0 radical (unpaired) electrons. The average Bonchev–Trinajstić information content (AvgIpc) is 2.34. The van der Waals surface area contributed by atoms with Crippen LogP contribution in [0.5, 0.6) is 0 Å². The van der Waals surface area contributed by atoms with Crippen molar-refractivity contribution >= 4 is 11.7 Å². The Hall–Kier alpha value is -2.28. The zero-order chi connectivity index (χ0) is 16.0. The number of allylic oxidation sites excluding steroid dienone is 1. The van der Waals surface area contributed by atoms with Crippen LogP contribution in [-0.2, 0) is 4.74 Å². The van der Waals surface area contributed by atoms with E-state index in [-0.39, 0.29) is 11.5 Å². The van der Waals surface area contributed by atoms with Crippen LogP contribution in [0.1, 0.15) is 38.3 Å². The van der Waals surface area contributed by atoms with Gasteiger partial charge in [-0.3, -0.25) is 0 Å². The van der Waals surface area contributed by atoms with Crippen LogP contribution >= 0.6 is 0 Å². The fourth-order valence-electron chi connectivity index (χ4n) is 3.04. The summed E-state index contributed by atoms with van der Waals surface area (Å²) in [6.07, 6.45) is 3.02. The Kier molecular flexibility index (Phi) is 3.25. The standard InChI is InChI=1S/C18H20N2O2/c1-17(2,3)22-16(21)20-11-18(12-20)8-15(9-18)14-6-4-13(10-19)5-7-14/h4-8H,9,11-12H2,1-3H3. The molecule has 1 aromatic carbocycles. The summed E-state index contributed by atoms with van der Waals surface area (Å²) >= 11 is 0. The molecule has 0 unspecified atom stereocenters. The van der Waals surface area contributed by atoms with Crippen molar-refractivity contribution in [2.75, 3.05) is 13.1 Å². The maximum absolute atomic E-state index is 11.9. The van der Waals surface area contributed by atoms with E-state index in [0.717, 1.165) is 19.5 Å². The van der Waals surface area contributed by atoms with Crippen molar-refractivity contribution in [3.05, 3.63) is 41.5 Å². The molecule has 1 aromatic rings. The van der Waals surface area contributed by atoms with E-state index in [2.05, 4.69) is 12.1 Å². The molecule has 4 nitrogen and oxygen atoms in total. The highest BCUT2D eigenvalue weighted by atomic mass is 16.6. The Morgan fingerprint density at radius 1 is 1.27 bits per heavy atom. The second kappa shape index (κ2) is 4.88. The molecule has 0 saturated carbocycles. The normalized spacial score (nSPS) is 18.8. The second-order valence-corrected chi connectivity index (χ2v) is 7.23. The van der Waals surface area contributed by atoms with Gasteiger partial charge in [0.1, 0.15) is 5.60 Å². The lowest BCUT2D eigenvalue weighted by Crippen LogP contribution is -2.60. The molecule has 4 heteroatoms.